The second kappa shape index (κ2) is 9.59. The lowest BCUT2D eigenvalue weighted by Gasteiger charge is -2.29. The van der Waals surface area contributed by atoms with Crippen LogP contribution in [0.1, 0.15) is 31.7 Å². The standard InChI is InChI=1S/C17H25N3O3.ClH/c1-13(14-7-9-18-10-8-14)11-17(21)19(2)12-15-5-3-4-6-16(15)20(22)23;/h3-6,13-14,18H,7-12H2,1-2H3;1H. The zero-order chi connectivity index (χ0) is 16.8. The molecule has 0 bridgehead atoms. The number of hydrogen-bond acceptors (Lipinski definition) is 4. The summed E-state index contributed by atoms with van der Waals surface area (Å²) in [7, 11) is 1.72. The number of halogens is 1. The molecule has 1 heterocycles. The number of benzene rings is 1. The first-order valence-electron chi connectivity index (χ1n) is 8.16. The summed E-state index contributed by atoms with van der Waals surface area (Å²) in [5.74, 6) is 0.978. The summed E-state index contributed by atoms with van der Waals surface area (Å²) in [6.45, 7) is 4.45. The van der Waals surface area contributed by atoms with Gasteiger partial charge in [-0.3, -0.25) is 14.9 Å². The van der Waals surface area contributed by atoms with Crippen LogP contribution in [0.4, 0.5) is 5.69 Å². The first-order chi connectivity index (χ1) is 11.0. The van der Waals surface area contributed by atoms with Crippen LogP contribution in [0.25, 0.3) is 0 Å². The number of nitro benzene ring substituents is 1. The zero-order valence-corrected chi connectivity index (χ0v) is 15.1. The van der Waals surface area contributed by atoms with Crippen molar-refractivity contribution in [2.45, 2.75) is 32.7 Å². The van der Waals surface area contributed by atoms with E-state index >= 15 is 0 Å². The van der Waals surface area contributed by atoms with Crippen molar-refractivity contribution in [3.05, 3.63) is 39.9 Å². The summed E-state index contributed by atoms with van der Waals surface area (Å²) in [6.07, 6.45) is 2.73. The molecule has 0 saturated carbocycles. The van der Waals surface area contributed by atoms with E-state index in [0.717, 1.165) is 25.9 Å². The van der Waals surface area contributed by atoms with Crippen LogP contribution in [-0.4, -0.2) is 35.9 Å². The molecule has 1 aromatic carbocycles. The van der Waals surface area contributed by atoms with Gasteiger partial charge in [-0.15, -0.1) is 12.4 Å². The fourth-order valence-electron chi connectivity index (χ4n) is 3.18. The van der Waals surface area contributed by atoms with E-state index in [2.05, 4.69) is 12.2 Å². The average Bonchev–Trinajstić information content (AvgIpc) is 2.55. The van der Waals surface area contributed by atoms with Crippen molar-refractivity contribution in [3.63, 3.8) is 0 Å². The van der Waals surface area contributed by atoms with Crippen LogP contribution in [0, 0.1) is 22.0 Å². The molecule has 0 radical (unpaired) electrons. The molecule has 0 spiro atoms. The Labute approximate surface area is 149 Å². The molecule has 2 rings (SSSR count). The Morgan fingerprint density at radius 1 is 1.38 bits per heavy atom. The van der Waals surface area contributed by atoms with Gasteiger partial charge in [0.25, 0.3) is 5.69 Å². The highest BCUT2D eigenvalue weighted by atomic mass is 35.5. The number of hydrogen-bond donors (Lipinski definition) is 1. The SMILES string of the molecule is CC(CC(=O)N(C)Cc1ccccc1[N+](=O)[O-])C1CCNCC1.Cl. The molecule has 1 N–H and O–H groups in total. The van der Waals surface area contributed by atoms with E-state index in [4.69, 9.17) is 0 Å². The molecule has 24 heavy (non-hydrogen) atoms. The number of amides is 1. The third-order valence-electron chi connectivity index (χ3n) is 4.71. The first kappa shape index (κ1) is 20.4. The minimum atomic E-state index is -0.398. The van der Waals surface area contributed by atoms with Crippen molar-refractivity contribution < 1.29 is 9.72 Å². The van der Waals surface area contributed by atoms with Gasteiger partial charge in [-0.05, 0) is 37.8 Å². The molecule has 7 heteroatoms. The van der Waals surface area contributed by atoms with E-state index in [1.807, 2.05) is 0 Å². The third-order valence-corrected chi connectivity index (χ3v) is 4.71. The number of carbonyl (C=O) groups is 1. The van der Waals surface area contributed by atoms with Gasteiger partial charge in [0.1, 0.15) is 0 Å². The molecule has 1 amide bonds. The maximum Gasteiger partial charge on any atom is 0.274 e. The van der Waals surface area contributed by atoms with E-state index in [1.54, 1.807) is 30.1 Å². The van der Waals surface area contributed by atoms with Crippen LogP contribution in [0.15, 0.2) is 24.3 Å². The molecule has 0 aromatic heterocycles. The van der Waals surface area contributed by atoms with Crippen molar-refractivity contribution >= 4 is 24.0 Å². The summed E-state index contributed by atoms with van der Waals surface area (Å²) in [5.41, 5.74) is 0.640. The van der Waals surface area contributed by atoms with Gasteiger partial charge in [0, 0.05) is 25.1 Å². The Morgan fingerprint density at radius 2 is 2.00 bits per heavy atom. The monoisotopic (exact) mass is 355 g/mol. The lowest BCUT2D eigenvalue weighted by molar-refractivity contribution is -0.385. The summed E-state index contributed by atoms with van der Waals surface area (Å²) in [4.78, 5) is 24.7. The molecule has 1 aliphatic heterocycles. The van der Waals surface area contributed by atoms with Crippen LogP contribution < -0.4 is 5.32 Å². The molecule has 1 aromatic rings. The fraction of sp³-hybridized carbons (Fsp3) is 0.588. The molecule has 1 aliphatic rings. The van der Waals surface area contributed by atoms with Gasteiger partial charge in [0.2, 0.25) is 5.91 Å². The van der Waals surface area contributed by atoms with Gasteiger partial charge in [0.15, 0.2) is 0 Å². The molecule has 6 nitrogen and oxygen atoms in total. The molecule has 0 aliphatic carbocycles. The maximum absolute atomic E-state index is 12.4. The number of nitro groups is 1. The van der Waals surface area contributed by atoms with Gasteiger partial charge in [-0.25, -0.2) is 0 Å². The molecular formula is C17H26ClN3O3. The van der Waals surface area contributed by atoms with Crippen molar-refractivity contribution in [1.29, 1.82) is 0 Å². The summed E-state index contributed by atoms with van der Waals surface area (Å²) < 4.78 is 0. The number of para-hydroxylation sites is 1. The van der Waals surface area contributed by atoms with Crippen LogP contribution >= 0.6 is 12.4 Å². The normalized spacial score (nSPS) is 16.1. The Bertz CT molecular complexity index is 562. The van der Waals surface area contributed by atoms with Crippen LogP contribution in [0.3, 0.4) is 0 Å². The number of piperidine rings is 1. The largest absolute Gasteiger partial charge is 0.341 e. The van der Waals surface area contributed by atoms with Gasteiger partial charge < -0.3 is 10.2 Å². The highest BCUT2D eigenvalue weighted by Gasteiger charge is 2.24. The van der Waals surface area contributed by atoms with E-state index in [-0.39, 0.29) is 30.5 Å². The summed E-state index contributed by atoms with van der Waals surface area (Å²) in [6, 6.07) is 6.59. The predicted molar refractivity (Wildman–Crippen MR) is 96.2 cm³/mol. The second-order valence-corrected chi connectivity index (χ2v) is 6.40. The molecular weight excluding hydrogens is 330 g/mol. The molecule has 1 fully saturated rings. The van der Waals surface area contributed by atoms with Gasteiger partial charge in [-0.1, -0.05) is 25.1 Å². The van der Waals surface area contributed by atoms with Crippen molar-refractivity contribution in [1.82, 2.24) is 10.2 Å². The van der Waals surface area contributed by atoms with Gasteiger partial charge in [-0.2, -0.15) is 0 Å². The lowest BCUT2D eigenvalue weighted by Crippen LogP contribution is -2.34. The lowest BCUT2D eigenvalue weighted by atomic mass is 9.84. The number of nitrogens with one attached hydrogen (secondary N) is 1. The van der Waals surface area contributed by atoms with E-state index in [9.17, 15) is 14.9 Å². The first-order valence-corrected chi connectivity index (χ1v) is 8.16. The molecule has 134 valence electrons. The van der Waals surface area contributed by atoms with Gasteiger partial charge >= 0.3 is 0 Å². The predicted octanol–water partition coefficient (Wildman–Crippen LogP) is 3.00. The average molecular weight is 356 g/mol. The van der Waals surface area contributed by atoms with Crippen molar-refractivity contribution in [2.24, 2.45) is 11.8 Å². The quantitative estimate of drug-likeness (QED) is 0.628. The topological polar surface area (TPSA) is 75.5 Å². The van der Waals surface area contributed by atoms with E-state index in [1.165, 1.54) is 6.07 Å². The van der Waals surface area contributed by atoms with Crippen LogP contribution in [0.2, 0.25) is 0 Å². The van der Waals surface area contributed by atoms with Crippen molar-refractivity contribution in [2.75, 3.05) is 20.1 Å². The number of carbonyl (C=O) groups excluding carboxylic acids is 1. The Kier molecular flexibility index (Phi) is 8.15. The van der Waals surface area contributed by atoms with Crippen molar-refractivity contribution in [3.8, 4) is 0 Å². The highest BCUT2D eigenvalue weighted by molar-refractivity contribution is 5.85. The Morgan fingerprint density at radius 3 is 2.62 bits per heavy atom. The minimum absolute atomic E-state index is 0. The maximum atomic E-state index is 12.4. The smallest absolute Gasteiger partial charge is 0.274 e. The third kappa shape index (κ3) is 5.46. The molecule has 1 unspecified atom stereocenters. The summed E-state index contributed by atoms with van der Waals surface area (Å²) >= 11 is 0. The Hall–Kier alpha value is -1.66. The summed E-state index contributed by atoms with van der Waals surface area (Å²) in [5, 5.41) is 14.4. The van der Waals surface area contributed by atoms with Crippen LogP contribution in [0.5, 0.6) is 0 Å². The molecule has 1 atom stereocenters. The molecule has 1 saturated heterocycles. The fourth-order valence-corrected chi connectivity index (χ4v) is 3.18. The highest BCUT2D eigenvalue weighted by Crippen LogP contribution is 2.25. The zero-order valence-electron chi connectivity index (χ0n) is 14.2. The number of rotatable bonds is 6. The number of nitrogens with zero attached hydrogens (tertiary/aromatic N) is 2. The Balaban J connectivity index is 0.00000288. The van der Waals surface area contributed by atoms with Gasteiger partial charge in [0.05, 0.1) is 11.5 Å². The van der Waals surface area contributed by atoms with Crippen LogP contribution in [-0.2, 0) is 11.3 Å². The van der Waals surface area contributed by atoms with E-state index < -0.39 is 4.92 Å². The second-order valence-electron chi connectivity index (χ2n) is 6.40. The minimum Gasteiger partial charge on any atom is -0.341 e. The van der Waals surface area contributed by atoms with E-state index in [0.29, 0.717) is 23.8 Å².